The van der Waals surface area contributed by atoms with E-state index in [1.165, 1.54) is 7.05 Å². The highest BCUT2D eigenvalue weighted by Gasteiger charge is 2.14. The number of carbonyl (C=O) groups excluding carboxylic acids is 1. The van der Waals surface area contributed by atoms with Gasteiger partial charge in [-0.1, -0.05) is 0 Å². The highest BCUT2D eigenvalue weighted by molar-refractivity contribution is 5.94. The molecule has 0 atom stereocenters. The third-order valence-corrected chi connectivity index (χ3v) is 1.98. The Labute approximate surface area is 96.2 Å². The van der Waals surface area contributed by atoms with E-state index in [0.29, 0.717) is 0 Å². The molecule has 0 bridgehead atoms. The lowest BCUT2D eigenvalue weighted by Gasteiger charge is -2.08. The molecular formula is C10H11FN2O4. The Morgan fingerprint density at radius 3 is 2.71 bits per heavy atom. The predicted molar refractivity (Wildman–Crippen MR) is 57.3 cm³/mol. The molecule has 1 aromatic rings. The lowest BCUT2D eigenvalue weighted by atomic mass is 10.1. The van der Waals surface area contributed by atoms with Crippen molar-refractivity contribution < 1.29 is 23.8 Å². The van der Waals surface area contributed by atoms with Gasteiger partial charge in [0.25, 0.3) is 5.91 Å². The minimum atomic E-state index is -1.37. The lowest BCUT2D eigenvalue weighted by Crippen LogP contribution is -2.25. The molecule has 0 radical (unpaired) electrons. The molecule has 17 heavy (non-hydrogen) atoms. The van der Waals surface area contributed by atoms with Crippen LogP contribution in [-0.2, 0) is 4.79 Å². The number of likely N-dealkylation sites (N-methyl/N-ethyl adjacent to an activating group) is 1. The summed E-state index contributed by atoms with van der Waals surface area (Å²) in [5, 5.41) is 11.1. The van der Waals surface area contributed by atoms with Crippen molar-refractivity contribution in [2.24, 2.45) is 0 Å². The van der Waals surface area contributed by atoms with Gasteiger partial charge >= 0.3 is 5.97 Å². The van der Waals surface area contributed by atoms with Crippen LogP contribution in [0.25, 0.3) is 0 Å². The summed E-state index contributed by atoms with van der Waals surface area (Å²) in [5.74, 6) is -2.76. The molecule has 0 aliphatic carbocycles. The molecular weight excluding hydrogens is 231 g/mol. The molecule has 1 amide bonds. The molecule has 0 fully saturated rings. The number of nitrogens with one attached hydrogen (secondary N) is 1. The second-order valence-electron chi connectivity index (χ2n) is 3.13. The van der Waals surface area contributed by atoms with E-state index in [0.717, 1.165) is 12.1 Å². The number of hydrogen-bond donors (Lipinski definition) is 3. The predicted octanol–water partition coefficient (Wildman–Crippen LogP) is 0.231. The molecule has 1 aromatic carbocycles. The van der Waals surface area contributed by atoms with Crippen molar-refractivity contribution in [2.45, 2.75) is 0 Å². The Bertz CT molecular complexity index is 462. The van der Waals surface area contributed by atoms with Crippen molar-refractivity contribution in [3.63, 3.8) is 0 Å². The van der Waals surface area contributed by atoms with Gasteiger partial charge in [0, 0.05) is 13.1 Å². The molecule has 6 nitrogen and oxygen atoms in total. The van der Waals surface area contributed by atoms with Gasteiger partial charge in [0.2, 0.25) is 0 Å². The van der Waals surface area contributed by atoms with Gasteiger partial charge in [0.1, 0.15) is 5.75 Å². The van der Waals surface area contributed by atoms with E-state index in [9.17, 15) is 14.0 Å². The van der Waals surface area contributed by atoms with E-state index in [1.807, 2.05) is 0 Å². The molecule has 0 heterocycles. The van der Waals surface area contributed by atoms with Crippen molar-refractivity contribution in [3.05, 3.63) is 23.5 Å². The first kappa shape index (κ1) is 12.8. The van der Waals surface area contributed by atoms with E-state index < -0.39 is 28.9 Å². The zero-order valence-corrected chi connectivity index (χ0v) is 8.99. The number of hydrogen-bond acceptors (Lipinski definition) is 4. The van der Waals surface area contributed by atoms with Gasteiger partial charge in [0.15, 0.2) is 12.4 Å². The molecule has 0 aliphatic rings. The Hall–Kier alpha value is -2.31. The average molecular weight is 242 g/mol. The maximum atomic E-state index is 13.2. The molecule has 0 unspecified atom stereocenters. The highest BCUT2D eigenvalue weighted by atomic mass is 19.1. The van der Waals surface area contributed by atoms with Gasteiger partial charge in [-0.05, 0) is 6.07 Å². The van der Waals surface area contributed by atoms with Crippen LogP contribution in [0.15, 0.2) is 12.1 Å². The number of amides is 1. The van der Waals surface area contributed by atoms with Crippen LogP contribution in [0.2, 0.25) is 0 Å². The number of nitrogen functional groups attached to an aromatic ring is 1. The third-order valence-electron chi connectivity index (χ3n) is 1.98. The largest absolute Gasteiger partial charge is 0.484 e. The quantitative estimate of drug-likeness (QED) is 0.656. The summed E-state index contributed by atoms with van der Waals surface area (Å²) in [6, 6.07) is 1.98. The summed E-state index contributed by atoms with van der Waals surface area (Å²) in [6.07, 6.45) is 0. The Morgan fingerprint density at radius 2 is 2.18 bits per heavy atom. The molecule has 7 heteroatoms. The first-order chi connectivity index (χ1) is 7.95. The molecule has 0 aromatic heterocycles. The van der Waals surface area contributed by atoms with Crippen LogP contribution >= 0.6 is 0 Å². The maximum Gasteiger partial charge on any atom is 0.338 e. The number of ether oxygens (including phenoxy) is 1. The van der Waals surface area contributed by atoms with Crippen molar-refractivity contribution in [2.75, 3.05) is 19.4 Å². The maximum absolute atomic E-state index is 13.2. The van der Waals surface area contributed by atoms with Crippen molar-refractivity contribution in [3.8, 4) is 5.75 Å². The van der Waals surface area contributed by atoms with Gasteiger partial charge < -0.3 is 20.9 Å². The number of carboxylic acids is 1. The minimum absolute atomic E-state index is 0.0716. The van der Waals surface area contributed by atoms with Gasteiger partial charge in [-0.15, -0.1) is 0 Å². The molecule has 4 N–H and O–H groups in total. The normalized spacial score (nSPS) is 9.76. The SMILES string of the molecule is CNC(=O)COc1cc(F)c(N)c(C(=O)O)c1. The summed E-state index contributed by atoms with van der Waals surface area (Å²) in [4.78, 5) is 21.6. The summed E-state index contributed by atoms with van der Waals surface area (Å²) in [7, 11) is 1.41. The van der Waals surface area contributed by atoms with Crippen LogP contribution in [0.4, 0.5) is 10.1 Å². The van der Waals surface area contributed by atoms with Crippen LogP contribution in [0.1, 0.15) is 10.4 Å². The van der Waals surface area contributed by atoms with Crippen LogP contribution in [0, 0.1) is 5.82 Å². The van der Waals surface area contributed by atoms with Crippen LogP contribution in [0.5, 0.6) is 5.75 Å². The summed E-state index contributed by atoms with van der Waals surface area (Å²) in [6.45, 7) is -0.334. The Balaban J connectivity index is 2.95. The molecule has 0 saturated carbocycles. The van der Waals surface area contributed by atoms with Crippen molar-refractivity contribution in [1.82, 2.24) is 5.32 Å². The standard InChI is InChI=1S/C10H11FN2O4/c1-13-8(14)4-17-5-2-6(10(15)16)9(12)7(11)3-5/h2-3H,4,12H2,1H3,(H,13,14)(H,15,16). The van der Waals surface area contributed by atoms with Crippen LogP contribution < -0.4 is 15.8 Å². The topological polar surface area (TPSA) is 102 Å². The number of anilines is 1. The zero-order valence-electron chi connectivity index (χ0n) is 8.99. The highest BCUT2D eigenvalue weighted by Crippen LogP contribution is 2.23. The van der Waals surface area contributed by atoms with Gasteiger partial charge in [0.05, 0.1) is 11.3 Å². The van der Waals surface area contributed by atoms with Crippen LogP contribution in [0.3, 0.4) is 0 Å². The fourth-order valence-electron chi connectivity index (χ4n) is 1.07. The lowest BCUT2D eigenvalue weighted by molar-refractivity contribution is -0.122. The smallest absolute Gasteiger partial charge is 0.338 e. The molecule has 0 saturated heterocycles. The molecule has 92 valence electrons. The number of benzene rings is 1. The average Bonchev–Trinajstić information content (AvgIpc) is 2.29. The fraction of sp³-hybridized carbons (Fsp3) is 0.200. The second-order valence-corrected chi connectivity index (χ2v) is 3.13. The minimum Gasteiger partial charge on any atom is -0.484 e. The number of carboxylic acid groups (broad SMARTS) is 1. The number of rotatable bonds is 4. The van der Waals surface area contributed by atoms with E-state index in [4.69, 9.17) is 15.6 Å². The van der Waals surface area contributed by atoms with Crippen molar-refractivity contribution >= 4 is 17.6 Å². The van der Waals surface area contributed by atoms with E-state index in [-0.39, 0.29) is 12.4 Å². The number of nitrogens with two attached hydrogens (primary N) is 1. The van der Waals surface area contributed by atoms with Crippen LogP contribution in [-0.4, -0.2) is 30.6 Å². The summed E-state index contributed by atoms with van der Waals surface area (Å²) < 4.78 is 18.2. The number of carbonyl (C=O) groups is 2. The Kier molecular flexibility index (Phi) is 3.86. The summed E-state index contributed by atoms with van der Waals surface area (Å²) in [5.41, 5.74) is 4.37. The molecule has 0 aliphatic heterocycles. The first-order valence-electron chi connectivity index (χ1n) is 4.61. The summed E-state index contributed by atoms with van der Waals surface area (Å²) >= 11 is 0. The van der Waals surface area contributed by atoms with E-state index >= 15 is 0 Å². The zero-order chi connectivity index (χ0) is 13.0. The fourth-order valence-corrected chi connectivity index (χ4v) is 1.07. The number of halogens is 1. The Morgan fingerprint density at radius 1 is 1.53 bits per heavy atom. The van der Waals surface area contributed by atoms with Gasteiger partial charge in [-0.3, -0.25) is 4.79 Å². The number of aromatic carboxylic acids is 1. The molecule has 0 spiro atoms. The second kappa shape index (κ2) is 5.15. The first-order valence-corrected chi connectivity index (χ1v) is 4.61. The van der Waals surface area contributed by atoms with E-state index in [2.05, 4.69) is 5.32 Å². The van der Waals surface area contributed by atoms with Gasteiger partial charge in [-0.2, -0.15) is 0 Å². The van der Waals surface area contributed by atoms with Gasteiger partial charge in [-0.25, -0.2) is 9.18 Å². The third kappa shape index (κ3) is 3.07. The van der Waals surface area contributed by atoms with E-state index in [1.54, 1.807) is 0 Å². The van der Waals surface area contributed by atoms with Crippen molar-refractivity contribution in [1.29, 1.82) is 0 Å². The molecule has 1 rings (SSSR count). The monoisotopic (exact) mass is 242 g/mol.